The molecule has 11 rings (SSSR count). The number of likely N-dealkylation sites (N-methyl/N-ethyl adjacent to an activating group) is 1. The molecule has 1 aromatic carbocycles. The van der Waals surface area contributed by atoms with Crippen LogP contribution in [0.25, 0.3) is 33.3 Å². The third-order valence-electron chi connectivity index (χ3n) is 15.7. The summed E-state index contributed by atoms with van der Waals surface area (Å²) in [6, 6.07) is 10.0. The number of hydrogen-bond acceptors (Lipinski definition) is 10. The van der Waals surface area contributed by atoms with Crippen LogP contribution in [0.5, 0.6) is 0 Å². The zero-order valence-electron chi connectivity index (χ0n) is 37.6. The summed E-state index contributed by atoms with van der Waals surface area (Å²) in [5, 5.41) is 8.40. The van der Waals surface area contributed by atoms with E-state index in [1.807, 2.05) is 6.20 Å². The Morgan fingerprint density at radius 1 is 1.06 bits per heavy atom. The summed E-state index contributed by atoms with van der Waals surface area (Å²) in [6.45, 7) is 17.7. The van der Waals surface area contributed by atoms with E-state index in [0.29, 0.717) is 6.42 Å². The van der Waals surface area contributed by atoms with Gasteiger partial charge >= 0.3 is 5.97 Å². The van der Waals surface area contributed by atoms with E-state index in [9.17, 15) is 14.4 Å². The second kappa shape index (κ2) is 15.5. The number of fused-ring (bicyclic) bond motifs is 5. The number of nitrogens with zero attached hydrogens (tertiary/aromatic N) is 5. The van der Waals surface area contributed by atoms with Crippen LogP contribution in [0.3, 0.4) is 0 Å². The van der Waals surface area contributed by atoms with E-state index in [1.54, 1.807) is 23.5 Å². The Labute approximate surface area is 369 Å². The first-order chi connectivity index (χ1) is 29.7. The van der Waals surface area contributed by atoms with Crippen molar-refractivity contribution < 1.29 is 23.9 Å². The topological polar surface area (TPSA) is 121 Å². The van der Waals surface area contributed by atoms with Gasteiger partial charge in [-0.05, 0) is 117 Å². The van der Waals surface area contributed by atoms with Gasteiger partial charge in [0.05, 0.1) is 36.0 Å². The van der Waals surface area contributed by atoms with E-state index in [4.69, 9.17) is 14.5 Å². The fraction of sp³-hybridized carbons (Fsp3) is 0.592. The zero-order chi connectivity index (χ0) is 43.4. The second-order valence-corrected chi connectivity index (χ2v) is 21.2. The minimum atomic E-state index is -0.741. The SMILES string of the molecule is CCn1c(-c2cc(N3CCN(C)CC3)cnc2[C@H](C)OC)c2c3cc(ccc31)-c1csc(c1)C1(CC1)[C@H](NC(=O)C1[C@@H](C)[C@H]1C)C(=O)N1N[C@H](C(=O)OCC(C)(C)C2)C2CC1C2. The minimum Gasteiger partial charge on any atom is -0.464 e. The van der Waals surface area contributed by atoms with Crippen molar-refractivity contribution >= 4 is 45.7 Å². The monoisotopic (exact) mass is 861 g/mol. The molecule has 330 valence electrons. The van der Waals surface area contributed by atoms with Gasteiger partial charge in [0, 0.05) is 84.0 Å². The molecule has 1 unspecified atom stereocenters. The number of ether oxygens (including phenoxy) is 2. The zero-order valence-corrected chi connectivity index (χ0v) is 38.4. The summed E-state index contributed by atoms with van der Waals surface area (Å²) >= 11 is 1.69. The summed E-state index contributed by atoms with van der Waals surface area (Å²) in [6.07, 6.45) is 5.49. The molecular formula is C49H63N7O5S. The van der Waals surface area contributed by atoms with Crippen molar-refractivity contribution in [1.82, 2.24) is 30.2 Å². The van der Waals surface area contributed by atoms with E-state index in [0.717, 1.165) is 108 Å². The maximum absolute atomic E-state index is 14.9. The number of pyridine rings is 1. The van der Waals surface area contributed by atoms with E-state index in [2.05, 4.69) is 109 Å². The van der Waals surface area contributed by atoms with Crippen LogP contribution in [-0.2, 0) is 42.2 Å². The molecule has 1 spiro atoms. The first kappa shape index (κ1) is 41.7. The molecule has 12 nitrogen and oxygen atoms in total. The minimum absolute atomic E-state index is 0.0207. The van der Waals surface area contributed by atoms with Gasteiger partial charge in [0.1, 0.15) is 12.1 Å². The van der Waals surface area contributed by atoms with Gasteiger partial charge in [-0.15, -0.1) is 11.3 Å². The smallest absolute Gasteiger partial charge is 0.325 e. The number of hydrogen-bond donors (Lipinski definition) is 2. The molecule has 2 amide bonds. The molecule has 62 heavy (non-hydrogen) atoms. The van der Waals surface area contributed by atoms with E-state index >= 15 is 0 Å². The van der Waals surface area contributed by atoms with Crippen LogP contribution >= 0.6 is 11.3 Å². The molecule has 0 radical (unpaired) electrons. The Morgan fingerprint density at radius 3 is 2.48 bits per heavy atom. The lowest BCUT2D eigenvalue weighted by atomic mass is 9.72. The van der Waals surface area contributed by atoms with E-state index in [1.165, 1.54) is 5.56 Å². The van der Waals surface area contributed by atoms with Crippen molar-refractivity contribution in [2.24, 2.45) is 29.1 Å². The van der Waals surface area contributed by atoms with Gasteiger partial charge in [-0.2, -0.15) is 0 Å². The fourth-order valence-electron chi connectivity index (χ4n) is 11.1. The highest BCUT2D eigenvalue weighted by molar-refractivity contribution is 7.10. The van der Waals surface area contributed by atoms with Gasteiger partial charge in [-0.1, -0.05) is 33.8 Å². The van der Waals surface area contributed by atoms with Gasteiger partial charge < -0.3 is 29.2 Å². The highest BCUT2D eigenvalue weighted by Gasteiger charge is 2.60. The van der Waals surface area contributed by atoms with E-state index < -0.39 is 22.9 Å². The average Bonchev–Trinajstić information content (AvgIpc) is 4.06. The molecule has 2 N–H and O–H groups in total. The number of piperazine rings is 1. The second-order valence-electron chi connectivity index (χ2n) is 20.3. The molecule has 7 heterocycles. The summed E-state index contributed by atoms with van der Waals surface area (Å²) < 4.78 is 14.7. The lowest BCUT2D eigenvalue weighted by Gasteiger charge is -2.53. The number of anilines is 1. The Bertz CT molecular complexity index is 2410. The number of carbonyl (C=O) groups excluding carboxylic acids is 3. The summed E-state index contributed by atoms with van der Waals surface area (Å²) in [5.74, 6) is 0.0375. The number of cyclic esters (lactones) is 1. The van der Waals surface area contributed by atoms with Gasteiger partial charge in [0.15, 0.2) is 0 Å². The number of rotatable bonds is 7. The van der Waals surface area contributed by atoms with Crippen LogP contribution < -0.4 is 15.6 Å². The van der Waals surface area contributed by atoms with Crippen LogP contribution in [0.4, 0.5) is 5.69 Å². The van der Waals surface area contributed by atoms with Crippen molar-refractivity contribution in [2.45, 2.75) is 110 Å². The van der Waals surface area contributed by atoms with Crippen molar-refractivity contribution in [3.63, 3.8) is 0 Å². The van der Waals surface area contributed by atoms with Crippen LogP contribution in [0.15, 0.2) is 41.9 Å². The Balaban J connectivity index is 1.12. The van der Waals surface area contributed by atoms with Crippen molar-refractivity contribution in [3.05, 3.63) is 58.0 Å². The first-order valence-electron chi connectivity index (χ1n) is 23.0. The molecule has 8 bridgehead atoms. The Kier molecular flexibility index (Phi) is 10.4. The standard InChI is InChI=1S/C49H63N7O5S/c1-9-55-38-11-10-30-20-35(38)37(43(55)36-22-34(24-50-41(36)29(4)60-8)54-16-14-53(7)15-17-54)23-48(5,6)26-61-47(59)42-31-18-33(19-31)56(52-42)46(58)44(51-45(57)40-27(2)28(40)3)49(12-13-49)39-21-32(30)25-62-39/h10-11,20-22,24-25,27-29,31,33,40,42,44,52H,9,12-19,23,26H2,1-8H3,(H,51,57)/t27-,28+,29-,31?,33?,40?,42-,44+/m0/s1. The van der Waals surface area contributed by atoms with E-state index in [-0.39, 0.29) is 60.2 Å². The number of esters is 1. The van der Waals surface area contributed by atoms with Gasteiger partial charge in [0.25, 0.3) is 5.91 Å². The average molecular weight is 862 g/mol. The number of benzene rings is 1. The molecule has 6 fully saturated rings. The van der Waals surface area contributed by atoms with Gasteiger partial charge in [-0.25, -0.2) is 5.43 Å². The highest BCUT2D eigenvalue weighted by atomic mass is 32.1. The molecule has 3 aliphatic carbocycles. The third kappa shape index (κ3) is 6.96. The van der Waals surface area contributed by atoms with Crippen LogP contribution in [0.2, 0.25) is 0 Å². The Hall–Kier alpha value is -4.30. The molecule has 7 aliphatic rings. The van der Waals surface area contributed by atoms with Crippen molar-refractivity contribution in [3.8, 4) is 22.4 Å². The summed E-state index contributed by atoms with van der Waals surface area (Å²) in [4.78, 5) is 54.1. The summed E-state index contributed by atoms with van der Waals surface area (Å²) in [7, 11) is 3.92. The number of hydrazine groups is 1. The number of carbonyl (C=O) groups is 3. The molecule has 3 saturated heterocycles. The normalized spacial score (nSPS) is 29.5. The molecular weight excluding hydrogens is 799 g/mol. The molecule has 13 heteroatoms. The number of nitrogens with one attached hydrogen (secondary N) is 2. The Morgan fingerprint density at radius 2 is 1.81 bits per heavy atom. The number of amides is 2. The molecule has 3 aromatic heterocycles. The van der Waals surface area contributed by atoms with Crippen LogP contribution in [0, 0.1) is 29.1 Å². The van der Waals surface area contributed by atoms with Crippen molar-refractivity contribution in [1.29, 1.82) is 0 Å². The lowest BCUT2D eigenvalue weighted by molar-refractivity contribution is -0.171. The largest absolute Gasteiger partial charge is 0.464 e. The van der Waals surface area contributed by atoms with Gasteiger partial charge in [-0.3, -0.25) is 24.4 Å². The number of thiophene rings is 1. The maximum atomic E-state index is 14.9. The van der Waals surface area contributed by atoms with Gasteiger partial charge in [0.2, 0.25) is 5.91 Å². The fourth-order valence-corrected chi connectivity index (χ4v) is 12.3. The highest BCUT2D eigenvalue weighted by Crippen LogP contribution is 2.56. The number of aromatic nitrogens is 2. The quantitative estimate of drug-likeness (QED) is 0.190. The first-order valence-corrected chi connectivity index (χ1v) is 23.9. The predicted molar refractivity (Wildman–Crippen MR) is 243 cm³/mol. The lowest BCUT2D eigenvalue weighted by Crippen LogP contribution is -2.72. The molecule has 3 saturated carbocycles. The van der Waals surface area contributed by atoms with Crippen LogP contribution in [-0.4, -0.2) is 102 Å². The predicted octanol–water partition coefficient (Wildman–Crippen LogP) is 6.95. The van der Waals surface area contributed by atoms with Crippen LogP contribution in [0.1, 0.15) is 89.5 Å². The number of aryl methyl sites for hydroxylation is 1. The van der Waals surface area contributed by atoms with Crippen molar-refractivity contribution in [2.75, 3.05) is 51.8 Å². The molecule has 6 atom stereocenters. The molecule has 4 aromatic rings. The number of methoxy groups -OCH3 is 1. The maximum Gasteiger partial charge on any atom is 0.325 e. The third-order valence-corrected chi connectivity index (χ3v) is 16.8. The summed E-state index contributed by atoms with van der Waals surface area (Å²) in [5.41, 5.74) is 11.1. The molecule has 4 aliphatic heterocycles.